The summed E-state index contributed by atoms with van der Waals surface area (Å²) in [6, 6.07) is 9.55. The number of aromatic nitrogens is 3. The molecule has 0 aliphatic carbocycles. The molecule has 29 heavy (non-hydrogen) atoms. The smallest absolute Gasteiger partial charge is 0.291 e. The first kappa shape index (κ1) is 19.6. The fourth-order valence-electron chi connectivity index (χ4n) is 2.79. The van der Waals surface area contributed by atoms with Crippen LogP contribution in [-0.4, -0.2) is 28.3 Å². The lowest BCUT2D eigenvalue weighted by atomic mass is 10.1. The van der Waals surface area contributed by atoms with Gasteiger partial charge in [0, 0.05) is 0 Å². The molecule has 0 spiro atoms. The lowest BCUT2D eigenvalue weighted by Crippen LogP contribution is -2.23. The molecule has 0 radical (unpaired) electrons. The van der Waals surface area contributed by atoms with E-state index in [0.717, 1.165) is 16.9 Å². The Morgan fingerprint density at radius 1 is 1.24 bits per heavy atom. The monoisotopic (exact) mass is 427 g/mol. The minimum absolute atomic E-state index is 0.170. The highest BCUT2D eigenvalue weighted by molar-refractivity contribution is 7.15. The number of fused-ring (bicyclic) bond motifs is 1. The first-order valence-corrected chi connectivity index (χ1v) is 11.0. The van der Waals surface area contributed by atoms with Gasteiger partial charge in [-0.2, -0.15) is 9.50 Å². The van der Waals surface area contributed by atoms with E-state index in [1.807, 2.05) is 41.8 Å². The number of ether oxygens (including phenoxy) is 2. The third-order valence-corrected chi connectivity index (χ3v) is 6.19. The van der Waals surface area contributed by atoms with E-state index in [4.69, 9.17) is 9.47 Å². The van der Waals surface area contributed by atoms with Gasteiger partial charge in [0.05, 0.1) is 23.1 Å². The zero-order valence-corrected chi connectivity index (χ0v) is 18.0. The Labute approximate surface area is 176 Å². The number of benzene rings is 1. The van der Waals surface area contributed by atoms with Crippen LogP contribution in [0.4, 0.5) is 0 Å². The second kappa shape index (κ2) is 8.34. The summed E-state index contributed by atoms with van der Waals surface area (Å²) in [5, 5.41) is 6.33. The summed E-state index contributed by atoms with van der Waals surface area (Å²) in [7, 11) is 1.61. The normalized spacial score (nSPS) is 12.2. The Morgan fingerprint density at radius 3 is 2.79 bits per heavy atom. The number of hydrogen-bond donors (Lipinski definition) is 0. The molecule has 4 aromatic rings. The van der Waals surface area contributed by atoms with Gasteiger partial charge in [-0.15, -0.1) is 16.4 Å². The van der Waals surface area contributed by atoms with Gasteiger partial charge >= 0.3 is 0 Å². The SMILES string of the molecule is COc1cc(C=c2sc3nc(-c4cccs4)nn3c2=O)ccc1OCCC(C)C. The van der Waals surface area contributed by atoms with Crippen molar-refractivity contribution >= 4 is 33.7 Å². The quantitative estimate of drug-likeness (QED) is 0.448. The standard InChI is InChI=1S/C21H21N3O3S2/c1-13(2)8-9-27-15-7-6-14(11-16(15)26-3)12-18-20(25)24-21(29-18)22-19(23-24)17-5-4-10-28-17/h4-7,10-13H,8-9H2,1-3H3. The van der Waals surface area contributed by atoms with Gasteiger partial charge in [0.25, 0.3) is 5.56 Å². The van der Waals surface area contributed by atoms with E-state index in [1.165, 1.54) is 15.9 Å². The average Bonchev–Trinajstić information content (AvgIpc) is 3.41. The van der Waals surface area contributed by atoms with Crippen molar-refractivity contribution in [1.82, 2.24) is 14.6 Å². The lowest BCUT2D eigenvalue weighted by molar-refractivity contribution is 0.273. The van der Waals surface area contributed by atoms with Gasteiger partial charge in [-0.1, -0.05) is 37.3 Å². The first-order valence-electron chi connectivity index (χ1n) is 9.31. The molecule has 3 heterocycles. The molecule has 3 aromatic heterocycles. The molecule has 1 aromatic carbocycles. The summed E-state index contributed by atoms with van der Waals surface area (Å²) >= 11 is 2.88. The lowest BCUT2D eigenvalue weighted by Gasteiger charge is -2.12. The van der Waals surface area contributed by atoms with E-state index in [-0.39, 0.29) is 5.56 Å². The van der Waals surface area contributed by atoms with Crippen molar-refractivity contribution in [3.05, 3.63) is 56.2 Å². The van der Waals surface area contributed by atoms with Gasteiger partial charge in [-0.05, 0) is 47.6 Å². The molecular weight excluding hydrogens is 406 g/mol. The maximum atomic E-state index is 12.7. The number of nitrogens with zero attached hydrogens (tertiary/aromatic N) is 3. The van der Waals surface area contributed by atoms with Gasteiger partial charge in [-0.3, -0.25) is 4.79 Å². The fraction of sp³-hybridized carbons (Fsp3) is 0.286. The number of thiophene rings is 1. The second-order valence-electron chi connectivity index (χ2n) is 6.96. The summed E-state index contributed by atoms with van der Waals surface area (Å²) in [5.74, 6) is 2.51. The van der Waals surface area contributed by atoms with E-state index >= 15 is 0 Å². The van der Waals surface area contributed by atoms with Crippen LogP contribution in [0, 0.1) is 5.92 Å². The van der Waals surface area contributed by atoms with Crippen molar-refractivity contribution in [2.75, 3.05) is 13.7 Å². The van der Waals surface area contributed by atoms with Crippen LogP contribution in [0.15, 0.2) is 40.5 Å². The maximum absolute atomic E-state index is 12.7. The van der Waals surface area contributed by atoms with Crippen LogP contribution in [-0.2, 0) is 0 Å². The van der Waals surface area contributed by atoms with E-state index < -0.39 is 0 Å². The summed E-state index contributed by atoms with van der Waals surface area (Å²) in [4.78, 5) is 18.8. The molecule has 150 valence electrons. The molecule has 0 saturated carbocycles. The molecule has 0 aliphatic heterocycles. The predicted molar refractivity (Wildman–Crippen MR) is 117 cm³/mol. The summed E-state index contributed by atoms with van der Waals surface area (Å²) < 4.78 is 13.2. The third-order valence-electron chi connectivity index (χ3n) is 4.36. The molecule has 0 fully saturated rings. The van der Waals surface area contributed by atoms with E-state index in [9.17, 15) is 4.79 Å². The third kappa shape index (κ3) is 4.18. The Bertz CT molecular complexity index is 1230. The molecule has 4 rings (SSSR count). The van der Waals surface area contributed by atoms with Gasteiger partial charge in [-0.25, -0.2) is 0 Å². The molecule has 0 saturated heterocycles. The molecule has 8 heteroatoms. The Hall–Kier alpha value is -2.71. The van der Waals surface area contributed by atoms with E-state index in [1.54, 1.807) is 18.4 Å². The number of thiazole rings is 1. The van der Waals surface area contributed by atoms with Crippen LogP contribution in [0.5, 0.6) is 11.5 Å². The highest BCUT2D eigenvalue weighted by Crippen LogP contribution is 2.29. The molecule has 0 unspecified atom stereocenters. The highest BCUT2D eigenvalue weighted by atomic mass is 32.1. The topological polar surface area (TPSA) is 65.7 Å². The van der Waals surface area contributed by atoms with Crippen molar-refractivity contribution in [2.24, 2.45) is 5.92 Å². The summed E-state index contributed by atoms with van der Waals surface area (Å²) in [6.45, 7) is 4.96. The highest BCUT2D eigenvalue weighted by Gasteiger charge is 2.13. The molecule has 6 nitrogen and oxygen atoms in total. The molecule has 0 N–H and O–H groups in total. The molecule has 0 amide bonds. The average molecular weight is 428 g/mol. The first-order chi connectivity index (χ1) is 14.0. The van der Waals surface area contributed by atoms with Gasteiger partial charge in [0.15, 0.2) is 17.3 Å². The Kier molecular flexibility index (Phi) is 5.64. The zero-order valence-electron chi connectivity index (χ0n) is 16.4. The van der Waals surface area contributed by atoms with Crippen LogP contribution in [0.1, 0.15) is 25.8 Å². The van der Waals surface area contributed by atoms with Crippen LogP contribution in [0.2, 0.25) is 0 Å². The summed E-state index contributed by atoms with van der Waals surface area (Å²) in [5.41, 5.74) is 0.690. The van der Waals surface area contributed by atoms with Crippen molar-refractivity contribution in [2.45, 2.75) is 20.3 Å². The van der Waals surface area contributed by atoms with E-state index in [0.29, 0.717) is 39.3 Å². The van der Waals surface area contributed by atoms with Crippen molar-refractivity contribution in [3.8, 4) is 22.2 Å². The zero-order chi connectivity index (χ0) is 20.4. The minimum atomic E-state index is -0.170. The van der Waals surface area contributed by atoms with Crippen LogP contribution >= 0.6 is 22.7 Å². The van der Waals surface area contributed by atoms with Crippen molar-refractivity contribution in [1.29, 1.82) is 0 Å². The van der Waals surface area contributed by atoms with Crippen molar-refractivity contribution in [3.63, 3.8) is 0 Å². The predicted octanol–water partition coefficient (Wildman–Crippen LogP) is 3.86. The molecule has 0 atom stereocenters. The summed E-state index contributed by atoms with van der Waals surface area (Å²) in [6.07, 6.45) is 2.81. The minimum Gasteiger partial charge on any atom is -0.493 e. The largest absolute Gasteiger partial charge is 0.493 e. The van der Waals surface area contributed by atoms with E-state index in [2.05, 4.69) is 23.9 Å². The molecule has 0 bridgehead atoms. The van der Waals surface area contributed by atoms with Gasteiger partial charge in [0.1, 0.15) is 0 Å². The Balaban J connectivity index is 1.63. The number of hydrogen-bond acceptors (Lipinski definition) is 7. The van der Waals surface area contributed by atoms with Crippen molar-refractivity contribution < 1.29 is 9.47 Å². The molecule has 0 aliphatic rings. The fourth-order valence-corrected chi connectivity index (χ4v) is 4.35. The van der Waals surface area contributed by atoms with Crippen LogP contribution in [0.25, 0.3) is 21.7 Å². The van der Waals surface area contributed by atoms with Gasteiger partial charge < -0.3 is 9.47 Å². The number of methoxy groups -OCH3 is 1. The van der Waals surface area contributed by atoms with Crippen LogP contribution < -0.4 is 19.6 Å². The maximum Gasteiger partial charge on any atom is 0.291 e. The molecular formula is C21H21N3O3S2. The van der Waals surface area contributed by atoms with Gasteiger partial charge in [0.2, 0.25) is 4.96 Å². The van der Waals surface area contributed by atoms with Crippen LogP contribution in [0.3, 0.4) is 0 Å². The Morgan fingerprint density at radius 2 is 2.10 bits per heavy atom. The number of rotatable bonds is 7. The second-order valence-corrected chi connectivity index (χ2v) is 8.92.